The zero-order chi connectivity index (χ0) is 24.0. The summed E-state index contributed by atoms with van der Waals surface area (Å²) in [6.45, 7) is 3.48. The number of nitrogens with one attached hydrogen (secondary N) is 1. The van der Waals surface area contributed by atoms with Crippen LogP contribution in [0.25, 0.3) is 0 Å². The van der Waals surface area contributed by atoms with Crippen LogP contribution < -0.4 is 19.1 Å². The van der Waals surface area contributed by atoms with Crippen LogP contribution >= 0.6 is 0 Å². The predicted octanol–water partition coefficient (Wildman–Crippen LogP) is 4.41. The molecule has 0 unspecified atom stereocenters. The maximum Gasteiger partial charge on any atom is 0.264 e. The van der Waals surface area contributed by atoms with Crippen molar-refractivity contribution < 1.29 is 22.7 Å². The lowest BCUT2D eigenvalue weighted by atomic mass is 10.1. The molecule has 7 nitrogen and oxygen atoms in total. The molecule has 0 aliphatic heterocycles. The lowest BCUT2D eigenvalue weighted by Gasteiger charge is -2.26. The number of carbonyl (C=O) groups is 1. The van der Waals surface area contributed by atoms with Gasteiger partial charge in [-0.05, 0) is 60.9 Å². The second-order valence-electron chi connectivity index (χ2n) is 7.37. The molecule has 8 heteroatoms. The number of ether oxygens (including phenoxy) is 2. The molecule has 0 saturated carbocycles. The molecule has 3 rings (SSSR count). The van der Waals surface area contributed by atoms with Crippen molar-refractivity contribution >= 4 is 27.3 Å². The third kappa shape index (κ3) is 5.28. The van der Waals surface area contributed by atoms with Gasteiger partial charge in [0.05, 0.1) is 24.8 Å². The molecule has 0 aliphatic carbocycles. The summed E-state index contributed by atoms with van der Waals surface area (Å²) in [7, 11) is -1.13. The van der Waals surface area contributed by atoms with Crippen LogP contribution in [-0.2, 0) is 21.2 Å². The van der Waals surface area contributed by atoms with Crippen LogP contribution in [0.1, 0.15) is 18.1 Å². The minimum absolute atomic E-state index is 0.0344. The molecule has 0 aromatic heterocycles. The summed E-state index contributed by atoms with van der Waals surface area (Å²) in [5.74, 6) is 0.414. The summed E-state index contributed by atoms with van der Waals surface area (Å²) < 4.78 is 38.8. The first-order valence-corrected chi connectivity index (χ1v) is 11.9. The number of hydrogen-bond acceptors (Lipinski definition) is 5. The van der Waals surface area contributed by atoms with Crippen molar-refractivity contribution in [1.82, 2.24) is 0 Å². The van der Waals surface area contributed by atoms with Crippen LogP contribution in [0.15, 0.2) is 71.6 Å². The zero-order valence-electron chi connectivity index (χ0n) is 19.2. The van der Waals surface area contributed by atoms with Gasteiger partial charge in [-0.1, -0.05) is 37.3 Å². The van der Waals surface area contributed by atoms with Gasteiger partial charge >= 0.3 is 0 Å². The standard InChI is InChI=1S/C25H28N2O5S/c1-5-19-10-8-9-18(2)25(19)26-24(28)17-27(22-11-6-7-12-23(22)32-4)33(29,30)21-15-13-20(31-3)14-16-21/h6-16H,5,17H2,1-4H3,(H,26,28). The second-order valence-corrected chi connectivity index (χ2v) is 9.23. The van der Waals surface area contributed by atoms with Crippen molar-refractivity contribution in [3.05, 3.63) is 77.9 Å². The summed E-state index contributed by atoms with van der Waals surface area (Å²) in [4.78, 5) is 13.2. The van der Waals surface area contributed by atoms with Crippen LogP contribution in [0, 0.1) is 6.92 Å². The Hall–Kier alpha value is -3.52. The Morgan fingerprint density at radius 1 is 0.939 bits per heavy atom. The molecular formula is C25H28N2O5S. The fraction of sp³-hybridized carbons (Fsp3) is 0.240. The molecule has 0 atom stereocenters. The van der Waals surface area contributed by atoms with Crippen LogP contribution in [-0.4, -0.2) is 35.1 Å². The van der Waals surface area contributed by atoms with E-state index in [1.54, 1.807) is 36.4 Å². The molecule has 0 radical (unpaired) electrons. The number of aryl methyl sites for hydroxylation is 2. The quantitative estimate of drug-likeness (QED) is 0.503. The number of carbonyl (C=O) groups excluding carboxylic acids is 1. The average Bonchev–Trinajstić information content (AvgIpc) is 2.83. The Labute approximate surface area is 195 Å². The fourth-order valence-corrected chi connectivity index (χ4v) is 4.95. The maximum absolute atomic E-state index is 13.6. The minimum Gasteiger partial charge on any atom is -0.497 e. The molecule has 1 amide bonds. The third-order valence-corrected chi connectivity index (χ3v) is 7.07. The molecule has 3 aromatic rings. The van der Waals surface area contributed by atoms with E-state index in [0.717, 1.165) is 21.9 Å². The average molecular weight is 469 g/mol. The highest BCUT2D eigenvalue weighted by atomic mass is 32.2. The SMILES string of the molecule is CCc1cccc(C)c1NC(=O)CN(c1ccccc1OC)S(=O)(=O)c1ccc(OC)cc1. The van der Waals surface area contributed by atoms with E-state index in [-0.39, 0.29) is 10.6 Å². The van der Waals surface area contributed by atoms with E-state index in [9.17, 15) is 13.2 Å². The molecule has 1 N–H and O–H groups in total. The normalized spacial score (nSPS) is 11.0. The molecule has 33 heavy (non-hydrogen) atoms. The lowest BCUT2D eigenvalue weighted by molar-refractivity contribution is -0.114. The number of anilines is 2. The smallest absolute Gasteiger partial charge is 0.264 e. The minimum atomic E-state index is -4.09. The summed E-state index contributed by atoms with van der Waals surface area (Å²) in [6, 6.07) is 18.5. The molecule has 174 valence electrons. The highest BCUT2D eigenvalue weighted by Gasteiger charge is 2.29. The molecule has 0 saturated heterocycles. The van der Waals surface area contributed by atoms with Crippen LogP contribution in [0.4, 0.5) is 11.4 Å². The Bertz CT molecular complexity index is 1220. The maximum atomic E-state index is 13.6. The molecule has 3 aromatic carbocycles. The number of methoxy groups -OCH3 is 2. The van der Waals surface area contributed by atoms with Gasteiger partial charge in [-0.2, -0.15) is 0 Å². The highest BCUT2D eigenvalue weighted by Crippen LogP contribution is 2.33. The van der Waals surface area contributed by atoms with Crippen LogP contribution in [0.2, 0.25) is 0 Å². The second kappa shape index (κ2) is 10.4. The number of benzene rings is 3. The number of para-hydroxylation sites is 3. The highest BCUT2D eigenvalue weighted by molar-refractivity contribution is 7.92. The summed E-state index contributed by atoms with van der Waals surface area (Å²) in [5.41, 5.74) is 2.85. The lowest BCUT2D eigenvalue weighted by Crippen LogP contribution is -2.38. The van der Waals surface area contributed by atoms with E-state index < -0.39 is 22.5 Å². The van der Waals surface area contributed by atoms with Gasteiger partial charge in [-0.3, -0.25) is 9.10 Å². The monoisotopic (exact) mass is 468 g/mol. The van der Waals surface area contributed by atoms with Crippen molar-refractivity contribution in [2.24, 2.45) is 0 Å². The number of sulfonamides is 1. The number of nitrogens with zero attached hydrogens (tertiary/aromatic N) is 1. The summed E-state index contributed by atoms with van der Waals surface area (Å²) in [5, 5.41) is 2.90. The van der Waals surface area contributed by atoms with Gasteiger partial charge in [0.1, 0.15) is 18.0 Å². The Morgan fingerprint density at radius 3 is 2.27 bits per heavy atom. The van der Waals surface area contributed by atoms with E-state index in [1.807, 2.05) is 32.0 Å². The Kier molecular flexibility index (Phi) is 7.60. The van der Waals surface area contributed by atoms with Gasteiger partial charge < -0.3 is 14.8 Å². The fourth-order valence-electron chi connectivity index (χ4n) is 3.52. The zero-order valence-corrected chi connectivity index (χ0v) is 20.0. The van der Waals surface area contributed by atoms with Crippen LogP contribution in [0.3, 0.4) is 0 Å². The summed E-state index contributed by atoms with van der Waals surface area (Å²) >= 11 is 0. The van der Waals surface area contributed by atoms with Crippen molar-refractivity contribution in [2.75, 3.05) is 30.4 Å². The van der Waals surface area contributed by atoms with Crippen molar-refractivity contribution in [1.29, 1.82) is 0 Å². The van der Waals surface area contributed by atoms with Gasteiger partial charge in [-0.25, -0.2) is 8.42 Å². The predicted molar refractivity (Wildman–Crippen MR) is 130 cm³/mol. The molecule has 0 fully saturated rings. The van der Waals surface area contributed by atoms with Crippen molar-refractivity contribution in [3.63, 3.8) is 0 Å². The molecule has 0 heterocycles. The van der Waals surface area contributed by atoms with Gasteiger partial charge in [0.25, 0.3) is 10.0 Å². The van der Waals surface area contributed by atoms with E-state index in [2.05, 4.69) is 5.32 Å². The Balaban J connectivity index is 2.02. The van der Waals surface area contributed by atoms with E-state index >= 15 is 0 Å². The largest absolute Gasteiger partial charge is 0.497 e. The van der Waals surface area contributed by atoms with Gasteiger partial charge in [0.2, 0.25) is 5.91 Å². The molecule has 0 aliphatic rings. The van der Waals surface area contributed by atoms with Crippen LogP contribution in [0.5, 0.6) is 11.5 Å². The van der Waals surface area contributed by atoms with Gasteiger partial charge in [0, 0.05) is 5.69 Å². The van der Waals surface area contributed by atoms with Gasteiger partial charge in [-0.15, -0.1) is 0 Å². The summed E-state index contributed by atoms with van der Waals surface area (Å²) in [6.07, 6.45) is 0.734. The third-order valence-electron chi connectivity index (χ3n) is 5.29. The number of hydrogen-bond donors (Lipinski definition) is 1. The number of amides is 1. The Morgan fingerprint density at radius 2 is 1.64 bits per heavy atom. The topological polar surface area (TPSA) is 84.9 Å². The first-order valence-electron chi connectivity index (χ1n) is 10.5. The van der Waals surface area contributed by atoms with E-state index in [1.165, 1.54) is 26.4 Å². The molecular weight excluding hydrogens is 440 g/mol. The van der Waals surface area contributed by atoms with Crippen molar-refractivity contribution in [2.45, 2.75) is 25.2 Å². The van der Waals surface area contributed by atoms with Crippen molar-refractivity contribution in [3.8, 4) is 11.5 Å². The first-order chi connectivity index (χ1) is 15.8. The van der Waals surface area contributed by atoms with E-state index in [0.29, 0.717) is 17.2 Å². The first kappa shape index (κ1) is 24.1. The van der Waals surface area contributed by atoms with E-state index in [4.69, 9.17) is 9.47 Å². The van der Waals surface area contributed by atoms with Gasteiger partial charge in [0.15, 0.2) is 0 Å². The molecule has 0 bridgehead atoms. The number of rotatable bonds is 9. The molecule has 0 spiro atoms.